The maximum Gasteiger partial charge on any atom is 0.416 e. The first-order valence-corrected chi connectivity index (χ1v) is 5.12. The Bertz CT molecular complexity index is 534. The minimum atomic E-state index is -4.38. The van der Waals surface area contributed by atoms with Crippen molar-refractivity contribution in [1.29, 1.82) is 0 Å². The van der Waals surface area contributed by atoms with Crippen molar-refractivity contribution in [2.24, 2.45) is 0 Å². The Balaban J connectivity index is 2.42. The lowest BCUT2D eigenvalue weighted by Crippen LogP contribution is -2.13. The number of nitrogens with one attached hydrogen (secondary N) is 1. The molecule has 0 unspecified atom stereocenters. The van der Waals surface area contributed by atoms with Crippen LogP contribution in [0.25, 0.3) is 5.69 Å². The highest BCUT2D eigenvalue weighted by Gasteiger charge is 2.30. The van der Waals surface area contributed by atoms with Gasteiger partial charge in [-0.2, -0.15) is 17.9 Å². The van der Waals surface area contributed by atoms with Gasteiger partial charge >= 0.3 is 6.18 Å². The summed E-state index contributed by atoms with van der Waals surface area (Å²) in [5.74, 6) is 0.442. The molecule has 1 N–H and O–H groups in total. The second kappa shape index (κ2) is 4.73. The Labute approximate surface area is 101 Å². The average molecular weight is 257 g/mol. The van der Waals surface area contributed by atoms with Crippen LogP contribution in [0.5, 0.6) is 0 Å². The van der Waals surface area contributed by atoms with Gasteiger partial charge in [0, 0.05) is 0 Å². The molecule has 1 aromatic carbocycles. The first kappa shape index (κ1) is 12.5. The number of halogens is 3. The Hall–Kier alpha value is -1.96. The van der Waals surface area contributed by atoms with Gasteiger partial charge in [0.15, 0.2) is 5.82 Å². The zero-order valence-corrected chi connectivity index (χ0v) is 9.44. The number of nitrogens with zero attached hydrogens (tertiary/aromatic N) is 4. The van der Waals surface area contributed by atoms with Crippen molar-refractivity contribution in [1.82, 2.24) is 25.5 Å². The van der Waals surface area contributed by atoms with E-state index >= 15 is 0 Å². The third-order valence-corrected chi connectivity index (χ3v) is 2.29. The minimum absolute atomic E-state index is 0.278. The van der Waals surface area contributed by atoms with Crippen molar-refractivity contribution in [3.63, 3.8) is 0 Å². The van der Waals surface area contributed by atoms with Gasteiger partial charge in [-0.05, 0) is 35.7 Å². The number of alkyl halides is 3. The van der Waals surface area contributed by atoms with E-state index < -0.39 is 11.7 Å². The molecule has 96 valence electrons. The number of tetrazole rings is 1. The first-order valence-electron chi connectivity index (χ1n) is 5.12. The molecule has 0 aliphatic rings. The van der Waals surface area contributed by atoms with Gasteiger partial charge < -0.3 is 5.32 Å². The lowest BCUT2D eigenvalue weighted by Gasteiger charge is -2.09. The molecule has 0 fully saturated rings. The van der Waals surface area contributed by atoms with Crippen LogP contribution in [0.4, 0.5) is 13.2 Å². The molecule has 0 saturated carbocycles. The molecule has 0 radical (unpaired) electrons. The van der Waals surface area contributed by atoms with E-state index in [1.165, 1.54) is 16.8 Å². The lowest BCUT2D eigenvalue weighted by atomic mass is 10.2. The zero-order chi connectivity index (χ0) is 13.2. The largest absolute Gasteiger partial charge is 0.416 e. The van der Waals surface area contributed by atoms with Crippen molar-refractivity contribution in [3.05, 3.63) is 35.7 Å². The maximum atomic E-state index is 12.6. The monoisotopic (exact) mass is 257 g/mol. The predicted molar refractivity (Wildman–Crippen MR) is 56.9 cm³/mol. The highest BCUT2D eigenvalue weighted by atomic mass is 19.4. The van der Waals surface area contributed by atoms with Gasteiger partial charge in [0.25, 0.3) is 0 Å². The number of aromatic nitrogens is 4. The van der Waals surface area contributed by atoms with Crippen molar-refractivity contribution in [2.45, 2.75) is 12.7 Å². The van der Waals surface area contributed by atoms with E-state index in [9.17, 15) is 13.2 Å². The third-order valence-electron chi connectivity index (χ3n) is 2.29. The predicted octanol–water partition coefficient (Wildman–Crippen LogP) is 1.40. The summed E-state index contributed by atoms with van der Waals surface area (Å²) in [5.41, 5.74) is -0.453. The van der Waals surface area contributed by atoms with Crippen LogP contribution in [0.3, 0.4) is 0 Å². The molecule has 0 amide bonds. The van der Waals surface area contributed by atoms with E-state index in [-0.39, 0.29) is 5.69 Å². The number of rotatable bonds is 3. The highest BCUT2D eigenvalue weighted by Crippen LogP contribution is 2.30. The van der Waals surface area contributed by atoms with Gasteiger partial charge in [-0.15, -0.1) is 5.10 Å². The summed E-state index contributed by atoms with van der Waals surface area (Å²) < 4.78 is 39.0. The quantitative estimate of drug-likeness (QED) is 0.903. The Kier molecular flexibility index (Phi) is 3.28. The first-order chi connectivity index (χ1) is 8.52. The van der Waals surface area contributed by atoms with E-state index in [0.29, 0.717) is 12.4 Å². The van der Waals surface area contributed by atoms with Crippen molar-refractivity contribution < 1.29 is 13.2 Å². The maximum absolute atomic E-state index is 12.6. The van der Waals surface area contributed by atoms with Crippen LogP contribution in [0.2, 0.25) is 0 Å². The van der Waals surface area contributed by atoms with Crippen molar-refractivity contribution >= 4 is 0 Å². The molecule has 0 saturated heterocycles. The molecule has 8 heteroatoms. The molecule has 18 heavy (non-hydrogen) atoms. The minimum Gasteiger partial charge on any atom is -0.313 e. The SMILES string of the molecule is CNCc1nnnn1-c1cccc(C(F)(F)F)c1. The van der Waals surface area contributed by atoms with Crippen LogP contribution in [0.1, 0.15) is 11.4 Å². The van der Waals surface area contributed by atoms with Crippen LogP contribution < -0.4 is 5.32 Å². The molecule has 0 atom stereocenters. The molecule has 1 aromatic heterocycles. The number of hydrogen-bond acceptors (Lipinski definition) is 4. The van der Waals surface area contributed by atoms with Gasteiger partial charge in [-0.25, -0.2) is 0 Å². The van der Waals surface area contributed by atoms with Crippen LogP contribution >= 0.6 is 0 Å². The fraction of sp³-hybridized carbons (Fsp3) is 0.300. The van der Waals surface area contributed by atoms with E-state index in [2.05, 4.69) is 20.8 Å². The molecule has 1 heterocycles. The van der Waals surface area contributed by atoms with Gasteiger partial charge in [-0.1, -0.05) is 6.07 Å². The molecule has 2 aromatic rings. The molecule has 0 spiro atoms. The lowest BCUT2D eigenvalue weighted by molar-refractivity contribution is -0.137. The molecular formula is C10H10F3N5. The van der Waals surface area contributed by atoms with Gasteiger partial charge in [0.2, 0.25) is 0 Å². The normalized spacial score (nSPS) is 11.8. The van der Waals surface area contributed by atoms with Gasteiger partial charge in [-0.3, -0.25) is 0 Å². The summed E-state index contributed by atoms with van der Waals surface area (Å²) in [6, 6.07) is 4.86. The fourth-order valence-corrected chi connectivity index (χ4v) is 1.49. The second-order valence-electron chi connectivity index (χ2n) is 3.59. The van der Waals surface area contributed by atoms with Crippen LogP contribution in [-0.4, -0.2) is 27.3 Å². The Morgan fingerprint density at radius 3 is 2.78 bits per heavy atom. The third kappa shape index (κ3) is 2.48. The summed E-state index contributed by atoms with van der Waals surface area (Å²) in [4.78, 5) is 0. The summed E-state index contributed by atoms with van der Waals surface area (Å²) >= 11 is 0. The van der Waals surface area contributed by atoms with Gasteiger partial charge in [0.1, 0.15) is 0 Å². The molecular weight excluding hydrogens is 247 g/mol. The highest BCUT2D eigenvalue weighted by molar-refractivity contribution is 5.36. The van der Waals surface area contributed by atoms with Crippen LogP contribution in [0, 0.1) is 0 Å². The average Bonchev–Trinajstić information content (AvgIpc) is 2.77. The topological polar surface area (TPSA) is 55.6 Å². The Morgan fingerprint density at radius 1 is 1.33 bits per heavy atom. The van der Waals surface area contributed by atoms with Gasteiger partial charge in [0.05, 0.1) is 17.8 Å². The molecule has 2 rings (SSSR count). The molecule has 0 bridgehead atoms. The number of hydrogen-bond donors (Lipinski definition) is 1. The van der Waals surface area contributed by atoms with E-state index in [4.69, 9.17) is 0 Å². The van der Waals surface area contributed by atoms with E-state index in [1.54, 1.807) is 7.05 Å². The summed E-state index contributed by atoms with van der Waals surface area (Å²) in [5, 5.41) is 13.7. The fourth-order valence-electron chi connectivity index (χ4n) is 1.49. The smallest absolute Gasteiger partial charge is 0.313 e. The molecule has 0 aliphatic heterocycles. The molecule has 5 nitrogen and oxygen atoms in total. The summed E-state index contributed by atoms with van der Waals surface area (Å²) in [6.45, 7) is 0.364. The number of benzene rings is 1. The van der Waals surface area contributed by atoms with E-state index in [1.807, 2.05) is 0 Å². The standard InChI is InChI=1S/C10H10F3N5/c1-14-6-9-15-16-17-18(9)8-4-2-3-7(5-8)10(11,12)13/h2-5,14H,6H2,1H3. The Morgan fingerprint density at radius 2 is 2.11 bits per heavy atom. The van der Waals surface area contributed by atoms with Crippen LogP contribution in [0.15, 0.2) is 24.3 Å². The van der Waals surface area contributed by atoms with E-state index in [0.717, 1.165) is 12.1 Å². The summed E-state index contributed by atoms with van der Waals surface area (Å²) in [7, 11) is 1.70. The molecule has 0 aliphatic carbocycles. The summed E-state index contributed by atoms with van der Waals surface area (Å²) in [6.07, 6.45) is -4.38. The second-order valence-corrected chi connectivity index (χ2v) is 3.59. The van der Waals surface area contributed by atoms with Crippen molar-refractivity contribution in [2.75, 3.05) is 7.05 Å². The van der Waals surface area contributed by atoms with Crippen LogP contribution in [-0.2, 0) is 12.7 Å². The zero-order valence-electron chi connectivity index (χ0n) is 9.44. The van der Waals surface area contributed by atoms with Crippen molar-refractivity contribution in [3.8, 4) is 5.69 Å².